The number of carbonyl (C=O) groups excluding carboxylic acids is 2. The van der Waals surface area contributed by atoms with Crippen molar-refractivity contribution < 1.29 is 19.1 Å². The van der Waals surface area contributed by atoms with Crippen molar-refractivity contribution in [2.24, 2.45) is 0 Å². The summed E-state index contributed by atoms with van der Waals surface area (Å²) in [6, 6.07) is 0. The lowest BCUT2D eigenvalue weighted by Gasteiger charge is -2.32. The third-order valence-electron chi connectivity index (χ3n) is 3.12. The molecule has 2 heterocycles. The Bertz CT molecular complexity index is 429. The first-order chi connectivity index (χ1) is 8.78. The first-order valence-corrected chi connectivity index (χ1v) is 6.77. The standard InChI is InChI=1S/C13H18ClNO4/c1-12(2,3)19-11(17)15-6-4-5-13(15)7-9(8-14)18-10(13)16/h4-5,9H,6-8H2,1-3H3/t9-,13?/m0/s1. The molecule has 1 fully saturated rings. The lowest BCUT2D eigenvalue weighted by Crippen LogP contribution is -2.52. The number of cyclic esters (lactones) is 1. The molecule has 6 heteroatoms. The highest BCUT2D eigenvalue weighted by atomic mass is 35.5. The molecule has 0 aliphatic carbocycles. The summed E-state index contributed by atoms with van der Waals surface area (Å²) in [5, 5.41) is 0. The molecule has 2 aliphatic rings. The molecular weight excluding hydrogens is 270 g/mol. The summed E-state index contributed by atoms with van der Waals surface area (Å²) in [7, 11) is 0. The van der Waals surface area contributed by atoms with Crippen LogP contribution in [-0.4, -0.2) is 46.6 Å². The van der Waals surface area contributed by atoms with Gasteiger partial charge in [-0.3, -0.25) is 4.90 Å². The average Bonchev–Trinajstić information content (AvgIpc) is 2.83. The van der Waals surface area contributed by atoms with Crippen LogP contribution >= 0.6 is 11.6 Å². The van der Waals surface area contributed by atoms with Gasteiger partial charge in [0.15, 0.2) is 5.54 Å². The molecule has 0 aromatic carbocycles. The molecule has 1 amide bonds. The van der Waals surface area contributed by atoms with Crippen LogP contribution in [0.4, 0.5) is 4.79 Å². The van der Waals surface area contributed by atoms with Crippen molar-refractivity contribution in [1.82, 2.24) is 4.90 Å². The Kier molecular flexibility index (Phi) is 3.51. The van der Waals surface area contributed by atoms with Crippen molar-refractivity contribution in [1.29, 1.82) is 0 Å². The van der Waals surface area contributed by atoms with Crippen molar-refractivity contribution >= 4 is 23.7 Å². The van der Waals surface area contributed by atoms with Crippen LogP contribution < -0.4 is 0 Å². The Labute approximate surface area is 117 Å². The van der Waals surface area contributed by atoms with Gasteiger partial charge in [-0.2, -0.15) is 0 Å². The van der Waals surface area contributed by atoms with Gasteiger partial charge in [0, 0.05) is 13.0 Å². The van der Waals surface area contributed by atoms with E-state index in [0.29, 0.717) is 13.0 Å². The predicted molar refractivity (Wildman–Crippen MR) is 70.0 cm³/mol. The molecule has 1 spiro atoms. The van der Waals surface area contributed by atoms with E-state index in [1.165, 1.54) is 4.90 Å². The minimum absolute atomic E-state index is 0.226. The third kappa shape index (κ3) is 2.56. The number of carbonyl (C=O) groups is 2. The molecular formula is C13H18ClNO4. The number of rotatable bonds is 1. The van der Waals surface area contributed by atoms with E-state index in [1.54, 1.807) is 32.9 Å². The first kappa shape index (κ1) is 14.2. The van der Waals surface area contributed by atoms with Crippen molar-refractivity contribution in [3.8, 4) is 0 Å². The Morgan fingerprint density at radius 1 is 1.63 bits per heavy atom. The van der Waals surface area contributed by atoms with Gasteiger partial charge in [-0.15, -0.1) is 11.6 Å². The highest BCUT2D eigenvalue weighted by Crippen LogP contribution is 2.37. The number of halogens is 1. The second-order valence-corrected chi connectivity index (χ2v) is 6.11. The maximum Gasteiger partial charge on any atom is 0.411 e. The summed E-state index contributed by atoms with van der Waals surface area (Å²) in [5.74, 6) is -0.207. The summed E-state index contributed by atoms with van der Waals surface area (Å²) < 4.78 is 10.5. The molecule has 0 bridgehead atoms. The van der Waals surface area contributed by atoms with Crippen LogP contribution in [0.2, 0.25) is 0 Å². The van der Waals surface area contributed by atoms with Crippen molar-refractivity contribution in [3.05, 3.63) is 12.2 Å². The maximum absolute atomic E-state index is 12.2. The van der Waals surface area contributed by atoms with Gasteiger partial charge in [0.05, 0.1) is 5.88 Å². The average molecular weight is 288 g/mol. The molecule has 2 aliphatic heterocycles. The number of alkyl halides is 1. The quantitative estimate of drug-likeness (QED) is 0.421. The third-order valence-corrected chi connectivity index (χ3v) is 3.46. The SMILES string of the molecule is CC(C)(C)OC(=O)N1CC=CC12C[C@@H](CCl)OC2=O. The van der Waals surface area contributed by atoms with Gasteiger partial charge in [-0.25, -0.2) is 9.59 Å². The number of esters is 1. The van der Waals surface area contributed by atoms with E-state index >= 15 is 0 Å². The number of nitrogens with zero attached hydrogens (tertiary/aromatic N) is 1. The lowest BCUT2D eigenvalue weighted by atomic mass is 9.95. The molecule has 0 aromatic heterocycles. The summed E-state index contributed by atoms with van der Waals surface area (Å²) >= 11 is 5.73. The fourth-order valence-electron chi connectivity index (χ4n) is 2.33. The Hall–Kier alpha value is -1.23. The molecule has 106 valence electrons. The number of ether oxygens (including phenoxy) is 2. The first-order valence-electron chi connectivity index (χ1n) is 6.24. The second-order valence-electron chi connectivity index (χ2n) is 5.80. The number of hydrogen-bond donors (Lipinski definition) is 0. The summed E-state index contributed by atoms with van der Waals surface area (Å²) in [6.45, 7) is 5.71. The van der Waals surface area contributed by atoms with E-state index in [0.717, 1.165) is 0 Å². The smallest absolute Gasteiger partial charge is 0.411 e. The molecule has 2 rings (SSSR count). The van der Waals surface area contributed by atoms with E-state index in [9.17, 15) is 9.59 Å². The largest absolute Gasteiger partial charge is 0.459 e. The highest BCUT2D eigenvalue weighted by Gasteiger charge is 2.55. The van der Waals surface area contributed by atoms with Gasteiger partial charge < -0.3 is 9.47 Å². The van der Waals surface area contributed by atoms with Crippen molar-refractivity contribution in [2.45, 2.75) is 44.4 Å². The zero-order valence-electron chi connectivity index (χ0n) is 11.3. The van der Waals surface area contributed by atoms with Crippen LogP contribution in [0.25, 0.3) is 0 Å². The summed E-state index contributed by atoms with van der Waals surface area (Å²) in [4.78, 5) is 25.7. The van der Waals surface area contributed by atoms with Crippen molar-refractivity contribution in [2.75, 3.05) is 12.4 Å². The van der Waals surface area contributed by atoms with Crippen LogP contribution in [0.1, 0.15) is 27.2 Å². The van der Waals surface area contributed by atoms with Crippen LogP contribution in [0.3, 0.4) is 0 Å². The number of hydrogen-bond acceptors (Lipinski definition) is 4. The van der Waals surface area contributed by atoms with Gasteiger partial charge in [0.25, 0.3) is 0 Å². The summed E-state index contributed by atoms with van der Waals surface area (Å²) in [5.41, 5.74) is -1.64. The second kappa shape index (κ2) is 4.71. The van der Waals surface area contributed by atoms with Crippen LogP contribution in [-0.2, 0) is 14.3 Å². The van der Waals surface area contributed by atoms with Crippen LogP contribution in [0.15, 0.2) is 12.2 Å². The minimum Gasteiger partial charge on any atom is -0.459 e. The lowest BCUT2D eigenvalue weighted by molar-refractivity contribution is -0.147. The Balaban J connectivity index is 2.19. The number of amides is 1. The molecule has 19 heavy (non-hydrogen) atoms. The fourth-order valence-corrected chi connectivity index (χ4v) is 2.50. The van der Waals surface area contributed by atoms with Gasteiger partial charge in [0.1, 0.15) is 11.7 Å². The molecule has 0 radical (unpaired) electrons. The van der Waals surface area contributed by atoms with Gasteiger partial charge in [-0.05, 0) is 26.8 Å². The van der Waals surface area contributed by atoms with E-state index in [-0.39, 0.29) is 12.0 Å². The van der Waals surface area contributed by atoms with Crippen LogP contribution in [0.5, 0.6) is 0 Å². The molecule has 2 atom stereocenters. The topological polar surface area (TPSA) is 55.8 Å². The minimum atomic E-state index is -1.04. The Morgan fingerprint density at radius 3 is 2.84 bits per heavy atom. The molecule has 5 nitrogen and oxygen atoms in total. The maximum atomic E-state index is 12.2. The predicted octanol–water partition coefficient (Wildman–Crippen LogP) is 2.09. The van der Waals surface area contributed by atoms with Gasteiger partial charge in [0.2, 0.25) is 0 Å². The van der Waals surface area contributed by atoms with Gasteiger partial charge in [-0.1, -0.05) is 6.08 Å². The normalized spacial score (nSPS) is 30.0. The van der Waals surface area contributed by atoms with Crippen LogP contribution in [0, 0.1) is 0 Å². The summed E-state index contributed by atoms with van der Waals surface area (Å²) in [6.07, 6.45) is 3.00. The van der Waals surface area contributed by atoms with E-state index in [2.05, 4.69) is 0 Å². The molecule has 0 N–H and O–H groups in total. The van der Waals surface area contributed by atoms with E-state index in [1.807, 2.05) is 0 Å². The monoisotopic (exact) mass is 287 g/mol. The van der Waals surface area contributed by atoms with Gasteiger partial charge >= 0.3 is 12.1 Å². The fraction of sp³-hybridized carbons (Fsp3) is 0.692. The highest BCUT2D eigenvalue weighted by molar-refractivity contribution is 6.18. The zero-order chi connectivity index (χ0) is 14.3. The van der Waals surface area contributed by atoms with Crippen molar-refractivity contribution in [3.63, 3.8) is 0 Å². The van der Waals surface area contributed by atoms with E-state index in [4.69, 9.17) is 21.1 Å². The molecule has 0 aromatic rings. The molecule has 1 saturated heterocycles. The zero-order valence-corrected chi connectivity index (χ0v) is 12.1. The van der Waals surface area contributed by atoms with E-state index < -0.39 is 23.2 Å². The molecule has 0 saturated carbocycles. The Morgan fingerprint density at radius 2 is 2.32 bits per heavy atom. The molecule has 1 unspecified atom stereocenters.